The van der Waals surface area contributed by atoms with Crippen molar-refractivity contribution in [1.29, 1.82) is 0 Å². The molecule has 2 nitrogen and oxygen atoms in total. The maximum absolute atomic E-state index is 12.9. The van der Waals surface area contributed by atoms with Gasteiger partial charge in [0.1, 0.15) is 5.75 Å². The quantitative estimate of drug-likeness (QED) is 0.572. The summed E-state index contributed by atoms with van der Waals surface area (Å²) in [6.07, 6.45) is -2.13. The Hall–Kier alpha value is -2.56. The Morgan fingerprint density at radius 1 is 1.09 bits per heavy atom. The number of benzene rings is 2. The lowest BCUT2D eigenvalue weighted by Crippen LogP contribution is -2.07. The number of ether oxygens (including phenoxy) is 1. The first-order chi connectivity index (χ1) is 10.9. The summed E-state index contributed by atoms with van der Waals surface area (Å²) >= 11 is 0. The number of allylic oxidation sites excluding steroid dienone is 1. The van der Waals surface area contributed by atoms with Crippen molar-refractivity contribution in [3.05, 3.63) is 71.3 Å². The maximum Gasteiger partial charge on any atom is 0.416 e. The second-order valence-electron chi connectivity index (χ2n) is 4.74. The van der Waals surface area contributed by atoms with Crippen molar-refractivity contribution in [2.24, 2.45) is 0 Å². The molecule has 0 saturated heterocycles. The van der Waals surface area contributed by atoms with Crippen LogP contribution in [0.4, 0.5) is 13.2 Å². The van der Waals surface area contributed by atoms with Crippen LogP contribution in [0.25, 0.3) is 6.08 Å². The van der Waals surface area contributed by atoms with Gasteiger partial charge in [-0.05, 0) is 48.9 Å². The standard InChI is InChI=1S/C18H15F3O2/c1-2-23-15-10-7-14(8-11-15)17(22)12-9-13-5-3-4-6-16(13)18(19,20)21/h3-12H,2H2,1H3/b12-9+. The zero-order valence-electron chi connectivity index (χ0n) is 12.4. The topological polar surface area (TPSA) is 26.3 Å². The lowest BCUT2D eigenvalue weighted by atomic mass is 10.0. The van der Waals surface area contributed by atoms with Crippen LogP contribution in [-0.4, -0.2) is 12.4 Å². The van der Waals surface area contributed by atoms with E-state index in [1.165, 1.54) is 24.3 Å². The third-order valence-electron chi connectivity index (χ3n) is 3.13. The molecule has 0 aliphatic heterocycles. The van der Waals surface area contributed by atoms with E-state index >= 15 is 0 Å². The lowest BCUT2D eigenvalue weighted by Gasteiger charge is -2.09. The van der Waals surface area contributed by atoms with Gasteiger partial charge in [0.2, 0.25) is 0 Å². The monoisotopic (exact) mass is 320 g/mol. The van der Waals surface area contributed by atoms with Gasteiger partial charge in [-0.3, -0.25) is 4.79 Å². The highest BCUT2D eigenvalue weighted by Gasteiger charge is 2.32. The van der Waals surface area contributed by atoms with Crippen LogP contribution >= 0.6 is 0 Å². The highest BCUT2D eigenvalue weighted by molar-refractivity contribution is 6.06. The maximum atomic E-state index is 12.9. The van der Waals surface area contributed by atoms with E-state index in [-0.39, 0.29) is 11.3 Å². The van der Waals surface area contributed by atoms with Gasteiger partial charge in [-0.1, -0.05) is 24.3 Å². The van der Waals surface area contributed by atoms with Crippen LogP contribution in [0.5, 0.6) is 5.75 Å². The van der Waals surface area contributed by atoms with Gasteiger partial charge in [0.25, 0.3) is 0 Å². The lowest BCUT2D eigenvalue weighted by molar-refractivity contribution is -0.137. The molecule has 0 aliphatic carbocycles. The minimum atomic E-state index is -4.46. The van der Waals surface area contributed by atoms with E-state index in [2.05, 4.69) is 0 Å². The van der Waals surface area contributed by atoms with Crippen LogP contribution in [0.15, 0.2) is 54.6 Å². The van der Waals surface area contributed by atoms with Crippen LogP contribution in [0.1, 0.15) is 28.4 Å². The summed E-state index contributed by atoms with van der Waals surface area (Å²) in [4.78, 5) is 12.0. The van der Waals surface area contributed by atoms with Crippen molar-refractivity contribution in [2.75, 3.05) is 6.61 Å². The number of alkyl halides is 3. The predicted molar refractivity (Wildman–Crippen MR) is 82.4 cm³/mol. The molecule has 0 fully saturated rings. The Morgan fingerprint density at radius 3 is 2.35 bits per heavy atom. The fourth-order valence-corrected chi connectivity index (χ4v) is 2.04. The molecule has 0 N–H and O–H groups in total. The van der Waals surface area contributed by atoms with E-state index in [1.807, 2.05) is 6.92 Å². The van der Waals surface area contributed by atoms with Crippen molar-refractivity contribution in [1.82, 2.24) is 0 Å². The summed E-state index contributed by atoms with van der Waals surface area (Å²) < 4.78 is 43.9. The van der Waals surface area contributed by atoms with Gasteiger partial charge in [-0.15, -0.1) is 0 Å². The van der Waals surface area contributed by atoms with Crippen LogP contribution in [0.3, 0.4) is 0 Å². The zero-order chi connectivity index (χ0) is 16.9. The molecule has 0 aliphatic rings. The fourth-order valence-electron chi connectivity index (χ4n) is 2.04. The molecular weight excluding hydrogens is 305 g/mol. The van der Waals surface area contributed by atoms with Crippen LogP contribution in [-0.2, 0) is 6.18 Å². The number of halogens is 3. The minimum Gasteiger partial charge on any atom is -0.494 e. The molecule has 0 atom stereocenters. The number of hydrogen-bond acceptors (Lipinski definition) is 2. The predicted octanol–water partition coefficient (Wildman–Crippen LogP) is 5.00. The molecule has 2 aromatic carbocycles. The minimum absolute atomic E-state index is 0.0423. The average Bonchev–Trinajstić information content (AvgIpc) is 2.53. The molecule has 0 aromatic heterocycles. The first-order valence-corrected chi connectivity index (χ1v) is 7.03. The summed E-state index contributed by atoms with van der Waals surface area (Å²) in [6.45, 7) is 2.36. The van der Waals surface area contributed by atoms with E-state index in [9.17, 15) is 18.0 Å². The molecular formula is C18H15F3O2. The third-order valence-corrected chi connectivity index (χ3v) is 3.13. The molecule has 0 bridgehead atoms. The normalized spacial score (nSPS) is 11.7. The summed E-state index contributed by atoms with van der Waals surface area (Å²) in [5.41, 5.74) is -0.427. The van der Waals surface area contributed by atoms with Crippen molar-refractivity contribution >= 4 is 11.9 Å². The molecule has 23 heavy (non-hydrogen) atoms. The first-order valence-electron chi connectivity index (χ1n) is 7.03. The highest BCUT2D eigenvalue weighted by Crippen LogP contribution is 2.32. The van der Waals surface area contributed by atoms with E-state index in [1.54, 1.807) is 24.3 Å². The number of ketones is 1. The number of carbonyl (C=O) groups is 1. The first kappa shape index (κ1) is 16.8. The van der Waals surface area contributed by atoms with Crippen molar-refractivity contribution in [3.63, 3.8) is 0 Å². The average molecular weight is 320 g/mol. The van der Waals surface area contributed by atoms with Crippen molar-refractivity contribution < 1.29 is 22.7 Å². The molecule has 0 radical (unpaired) electrons. The molecule has 5 heteroatoms. The largest absolute Gasteiger partial charge is 0.494 e. The van der Waals surface area contributed by atoms with Gasteiger partial charge >= 0.3 is 6.18 Å². The third kappa shape index (κ3) is 4.45. The SMILES string of the molecule is CCOc1ccc(C(=O)/C=C/c2ccccc2C(F)(F)F)cc1. The van der Waals surface area contributed by atoms with E-state index < -0.39 is 11.7 Å². The Balaban J connectivity index is 2.19. The van der Waals surface area contributed by atoms with Gasteiger partial charge in [-0.25, -0.2) is 0 Å². The summed E-state index contributed by atoms with van der Waals surface area (Å²) in [6, 6.07) is 11.6. The summed E-state index contributed by atoms with van der Waals surface area (Å²) in [7, 11) is 0. The molecule has 2 aromatic rings. The smallest absolute Gasteiger partial charge is 0.416 e. The molecule has 0 heterocycles. The second kappa shape index (κ2) is 7.13. The molecule has 0 amide bonds. The zero-order valence-corrected chi connectivity index (χ0v) is 12.4. The van der Waals surface area contributed by atoms with Gasteiger partial charge in [0, 0.05) is 5.56 Å². The Bertz CT molecular complexity index is 701. The molecule has 0 unspecified atom stereocenters. The second-order valence-corrected chi connectivity index (χ2v) is 4.74. The number of rotatable bonds is 5. The Kier molecular flexibility index (Phi) is 5.21. The van der Waals surface area contributed by atoms with E-state index in [0.29, 0.717) is 17.9 Å². The van der Waals surface area contributed by atoms with Crippen LogP contribution in [0, 0.1) is 0 Å². The van der Waals surface area contributed by atoms with Gasteiger partial charge in [-0.2, -0.15) is 13.2 Å². The van der Waals surface area contributed by atoms with Crippen LogP contribution in [0.2, 0.25) is 0 Å². The van der Waals surface area contributed by atoms with Crippen LogP contribution < -0.4 is 4.74 Å². The Labute approximate surface area is 132 Å². The number of hydrogen-bond donors (Lipinski definition) is 0. The molecule has 0 spiro atoms. The van der Waals surface area contributed by atoms with Crippen molar-refractivity contribution in [2.45, 2.75) is 13.1 Å². The Morgan fingerprint density at radius 2 is 1.74 bits per heavy atom. The summed E-state index contributed by atoms with van der Waals surface area (Å²) in [5, 5.41) is 0. The molecule has 120 valence electrons. The van der Waals surface area contributed by atoms with Gasteiger partial charge < -0.3 is 4.74 Å². The fraction of sp³-hybridized carbons (Fsp3) is 0.167. The highest BCUT2D eigenvalue weighted by atomic mass is 19.4. The van der Waals surface area contributed by atoms with E-state index in [0.717, 1.165) is 12.1 Å². The molecule has 0 saturated carbocycles. The van der Waals surface area contributed by atoms with E-state index in [4.69, 9.17) is 4.74 Å². The summed E-state index contributed by atoms with van der Waals surface area (Å²) in [5.74, 6) is 0.264. The molecule has 2 rings (SSSR count). The van der Waals surface area contributed by atoms with Gasteiger partial charge in [0.15, 0.2) is 5.78 Å². The van der Waals surface area contributed by atoms with Gasteiger partial charge in [0.05, 0.1) is 12.2 Å². The van der Waals surface area contributed by atoms with Crippen molar-refractivity contribution in [3.8, 4) is 5.75 Å². The number of carbonyl (C=O) groups excluding carboxylic acids is 1.